The molecule has 1 atom stereocenters. The maximum absolute atomic E-state index is 12.9. The second kappa shape index (κ2) is 9.25. The molecule has 0 aromatic carbocycles. The molecule has 4 heterocycles. The van der Waals surface area contributed by atoms with Crippen LogP contribution >= 0.6 is 11.3 Å². The molecule has 0 spiro atoms. The molecule has 166 valence electrons. The van der Waals surface area contributed by atoms with Gasteiger partial charge in [0.25, 0.3) is 5.56 Å². The highest BCUT2D eigenvalue weighted by Gasteiger charge is 2.33. The summed E-state index contributed by atoms with van der Waals surface area (Å²) in [5, 5.41) is 4.04. The van der Waals surface area contributed by atoms with E-state index in [1.54, 1.807) is 11.3 Å². The number of carbonyl (C=O) groups excluding carboxylic acids is 1. The summed E-state index contributed by atoms with van der Waals surface area (Å²) in [5.74, 6) is 1.59. The first kappa shape index (κ1) is 20.9. The van der Waals surface area contributed by atoms with Crippen molar-refractivity contribution >= 4 is 17.2 Å². The third kappa shape index (κ3) is 4.62. The van der Waals surface area contributed by atoms with E-state index in [1.807, 2.05) is 21.7 Å². The van der Waals surface area contributed by atoms with Crippen molar-refractivity contribution in [3.8, 4) is 0 Å². The van der Waals surface area contributed by atoms with Gasteiger partial charge in [-0.05, 0) is 60.4 Å². The summed E-state index contributed by atoms with van der Waals surface area (Å²) in [6.45, 7) is 3.57. The first-order valence-corrected chi connectivity index (χ1v) is 12.8. The summed E-state index contributed by atoms with van der Waals surface area (Å²) in [7, 11) is 0. The lowest BCUT2D eigenvalue weighted by atomic mass is 9.88. The van der Waals surface area contributed by atoms with E-state index >= 15 is 0 Å². The van der Waals surface area contributed by atoms with E-state index in [9.17, 15) is 9.59 Å². The van der Waals surface area contributed by atoms with E-state index in [2.05, 4.69) is 9.88 Å². The molecule has 3 aliphatic rings. The van der Waals surface area contributed by atoms with Crippen molar-refractivity contribution in [2.75, 3.05) is 19.6 Å². The summed E-state index contributed by atoms with van der Waals surface area (Å²) in [4.78, 5) is 38.2. The Kier molecular flexibility index (Phi) is 6.23. The number of aromatic amines is 1. The summed E-state index contributed by atoms with van der Waals surface area (Å²) in [6, 6.07) is 1.89. The Balaban J connectivity index is 1.32. The molecule has 2 aromatic heterocycles. The second-order valence-electron chi connectivity index (χ2n) is 9.42. The number of hydrogen-bond donors (Lipinski definition) is 1. The third-order valence-corrected chi connectivity index (χ3v) is 7.97. The van der Waals surface area contributed by atoms with Crippen molar-refractivity contribution in [2.45, 2.75) is 70.4 Å². The van der Waals surface area contributed by atoms with E-state index in [-0.39, 0.29) is 17.5 Å². The van der Waals surface area contributed by atoms with Crippen LogP contribution in [0.5, 0.6) is 0 Å². The molecule has 0 bridgehead atoms. The zero-order chi connectivity index (χ0) is 21.2. The monoisotopic (exact) mass is 440 g/mol. The van der Waals surface area contributed by atoms with Crippen molar-refractivity contribution in [1.29, 1.82) is 0 Å². The van der Waals surface area contributed by atoms with Crippen LogP contribution in [0, 0.1) is 5.92 Å². The van der Waals surface area contributed by atoms with Gasteiger partial charge in [-0.3, -0.25) is 14.5 Å². The van der Waals surface area contributed by atoms with Gasteiger partial charge in [-0.25, -0.2) is 4.98 Å². The molecule has 1 saturated carbocycles. The Hall–Kier alpha value is -1.99. The van der Waals surface area contributed by atoms with Gasteiger partial charge in [0.15, 0.2) is 0 Å². The number of fused-ring (bicyclic) bond motifs is 1. The van der Waals surface area contributed by atoms with E-state index < -0.39 is 0 Å². The number of thiophene rings is 1. The molecule has 1 N–H and O–H groups in total. The van der Waals surface area contributed by atoms with Crippen molar-refractivity contribution in [3.05, 3.63) is 49.8 Å². The van der Waals surface area contributed by atoms with Crippen molar-refractivity contribution < 1.29 is 4.79 Å². The van der Waals surface area contributed by atoms with Gasteiger partial charge in [-0.1, -0.05) is 19.3 Å². The van der Waals surface area contributed by atoms with Crippen LogP contribution in [-0.2, 0) is 24.2 Å². The predicted octanol–water partition coefficient (Wildman–Crippen LogP) is 3.68. The lowest BCUT2D eigenvalue weighted by molar-refractivity contribution is -0.131. The number of nitrogens with zero attached hydrogens (tertiary/aromatic N) is 3. The van der Waals surface area contributed by atoms with Crippen molar-refractivity contribution in [3.63, 3.8) is 0 Å². The van der Waals surface area contributed by atoms with Gasteiger partial charge in [0, 0.05) is 31.7 Å². The van der Waals surface area contributed by atoms with Gasteiger partial charge in [-0.2, -0.15) is 11.3 Å². The van der Waals surface area contributed by atoms with E-state index in [1.165, 1.54) is 32.1 Å². The molecule has 0 radical (unpaired) electrons. The minimum Gasteiger partial charge on any atom is -0.332 e. The molecule has 7 heteroatoms. The minimum absolute atomic E-state index is 0.00514. The van der Waals surface area contributed by atoms with Gasteiger partial charge in [0.05, 0.1) is 18.2 Å². The second-order valence-corrected chi connectivity index (χ2v) is 10.2. The molecule has 5 rings (SSSR count). The fourth-order valence-electron chi connectivity index (χ4n) is 5.58. The molecule has 1 aliphatic carbocycles. The minimum atomic E-state index is -0.113. The summed E-state index contributed by atoms with van der Waals surface area (Å²) in [6.07, 6.45) is 9.77. The molecule has 2 aromatic rings. The van der Waals surface area contributed by atoms with E-state index in [4.69, 9.17) is 4.98 Å². The highest BCUT2D eigenvalue weighted by Crippen LogP contribution is 2.31. The fraction of sp³-hybridized carbons (Fsp3) is 0.625. The SMILES string of the molecule is O=C(Cc1ccsc1)N1CCCC1c1nc2c(c(=O)[nH]1)CCN(CC1CCCCC1)C2. The summed E-state index contributed by atoms with van der Waals surface area (Å²) >= 11 is 1.62. The lowest BCUT2D eigenvalue weighted by Gasteiger charge is -2.33. The molecular formula is C24H32N4O2S. The zero-order valence-corrected chi connectivity index (χ0v) is 19.0. The quantitative estimate of drug-likeness (QED) is 0.770. The largest absolute Gasteiger partial charge is 0.332 e. The van der Waals surface area contributed by atoms with E-state index in [0.717, 1.165) is 68.2 Å². The normalized spacial score (nSPS) is 22.6. The maximum atomic E-state index is 12.9. The van der Waals surface area contributed by atoms with Crippen LogP contribution in [-0.4, -0.2) is 45.3 Å². The topological polar surface area (TPSA) is 69.3 Å². The third-order valence-electron chi connectivity index (χ3n) is 7.24. The van der Waals surface area contributed by atoms with Crippen LogP contribution in [0.2, 0.25) is 0 Å². The van der Waals surface area contributed by atoms with Crippen LogP contribution in [0.3, 0.4) is 0 Å². The number of aromatic nitrogens is 2. The number of nitrogens with one attached hydrogen (secondary N) is 1. The van der Waals surface area contributed by atoms with Crippen LogP contribution in [0.15, 0.2) is 21.6 Å². The average molecular weight is 441 g/mol. The molecule has 2 aliphatic heterocycles. The Morgan fingerprint density at radius 3 is 2.84 bits per heavy atom. The smallest absolute Gasteiger partial charge is 0.254 e. The first-order valence-electron chi connectivity index (χ1n) is 11.8. The van der Waals surface area contributed by atoms with E-state index in [0.29, 0.717) is 12.2 Å². The number of hydrogen-bond acceptors (Lipinski definition) is 5. The van der Waals surface area contributed by atoms with Crippen molar-refractivity contribution in [1.82, 2.24) is 19.8 Å². The first-order chi connectivity index (χ1) is 15.2. The zero-order valence-electron chi connectivity index (χ0n) is 18.1. The lowest BCUT2D eigenvalue weighted by Crippen LogP contribution is -2.39. The number of carbonyl (C=O) groups is 1. The van der Waals surface area contributed by atoms with Crippen LogP contribution in [0.1, 0.15) is 73.6 Å². The van der Waals surface area contributed by atoms with Crippen LogP contribution in [0.25, 0.3) is 0 Å². The van der Waals surface area contributed by atoms with Crippen LogP contribution in [0.4, 0.5) is 0 Å². The Bertz CT molecular complexity index is 964. The average Bonchev–Trinajstić information content (AvgIpc) is 3.46. The molecule has 1 saturated heterocycles. The van der Waals surface area contributed by atoms with Crippen molar-refractivity contribution in [2.24, 2.45) is 5.92 Å². The summed E-state index contributed by atoms with van der Waals surface area (Å²) in [5.41, 5.74) is 2.83. The number of amides is 1. The van der Waals surface area contributed by atoms with Gasteiger partial charge >= 0.3 is 0 Å². The predicted molar refractivity (Wildman–Crippen MR) is 122 cm³/mol. The summed E-state index contributed by atoms with van der Waals surface area (Å²) < 4.78 is 0. The molecule has 31 heavy (non-hydrogen) atoms. The highest BCUT2D eigenvalue weighted by molar-refractivity contribution is 7.08. The van der Waals surface area contributed by atoms with Crippen LogP contribution < -0.4 is 5.56 Å². The Labute approximate surface area is 187 Å². The number of likely N-dealkylation sites (tertiary alicyclic amines) is 1. The van der Waals surface area contributed by atoms with Gasteiger partial charge < -0.3 is 9.88 Å². The number of rotatable bonds is 5. The molecule has 2 fully saturated rings. The van der Waals surface area contributed by atoms with Gasteiger partial charge in [0.2, 0.25) is 5.91 Å². The molecule has 1 amide bonds. The molecule has 1 unspecified atom stereocenters. The molecule has 6 nitrogen and oxygen atoms in total. The maximum Gasteiger partial charge on any atom is 0.254 e. The Morgan fingerprint density at radius 1 is 1.16 bits per heavy atom. The molecular weight excluding hydrogens is 408 g/mol. The van der Waals surface area contributed by atoms with Gasteiger partial charge in [-0.15, -0.1) is 0 Å². The highest BCUT2D eigenvalue weighted by atomic mass is 32.1. The fourth-order valence-corrected chi connectivity index (χ4v) is 6.25. The Morgan fingerprint density at radius 2 is 2.03 bits per heavy atom. The standard InChI is InChI=1S/C24H32N4O2S/c29-22(13-18-9-12-31-16-18)28-10-4-7-21(28)23-25-20-15-27(11-8-19(20)24(30)26-23)14-17-5-2-1-3-6-17/h9,12,16-17,21H,1-8,10-11,13-15H2,(H,25,26,30). The number of H-pyrrole nitrogens is 1. The van der Waals surface area contributed by atoms with Gasteiger partial charge in [0.1, 0.15) is 5.82 Å².